The summed E-state index contributed by atoms with van der Waals surface area (Å²) in [6.07, 6.45) is 0.447. The Morgan fingerprint density at radius 2 is 2.00 bits per heavy atom. The molecule has 1 unspecified atom stereocenters. The van der Waals surface area contributed by atoms with Gasteiger partial charge in [-0.2, -0.15) is 5.26 Å². The Bertz CT molecular complexity index is 477. The van der Waals surface area contributed by atoms with Gasteiger partial charge in [0.15, 0.2) is 0 Å². The quantitative estimate of drug-likeness (QED) is 0.622. The van der Waals surface area contributed by atoms with Crippen LogP contribution in [0.3, 0.4) is 0 Å². The Morgan fingerprint density at radius 1 is 1.37 bits per heavy atom. The Balaban J connectivity index is 3.25. The van der Waals surface area contributed by atoms with Crippen LogP contribution in [0.1, 0.15) is 44.5 Å². The van der Waals surface area contributed by atoms with Crippen LogP contribution in [-0.4, -0.2) is 23.1 Å². The Hall–Kier alpha value is -1.87. The number of nitrogen functional groups attached to an aromatic ring is 1. The number of anilines is 2. The second-order valence-corrected chi connectivity index (χ2v) is 5.00. The van der Waals surface area contributed by atoms with Crippen LogP contribution in [0.4, 0.5) is 11.6 Å². The largest absolute Gasteiger partial charge is 0.356 e. The first-order chi connectivity index (χ1) is 8.92. The van der Waals surface area contributed by atoms with Crippen LogP contribution in [0.15, 0.2) is 0 Å². The van der Waals surface area contributed by atoms with Gasteiger partial charge in [-0.15, -0.1) is 0 Å². The van der Waals surface area contributed by atoms with Gasteiger partial charge in [-0.25, -0.2) is 15.8 Å². The number of hydrazine groups is 1. The zero-order valence-corrected chi connectivity index (χ0v) is 12.2. The molecule has 0 radical (unpaired) electrons. The molecule has 6 heteroatoms. The smallest absolute Gasteiger partial charge is 0.148 e. The molecule has 3 N–H and O–H groups in total. The molecule has 0 bridgehead atoms. The number of hydrogen-bond acceptors (Lipinski definition) is 6. The summed E-state index contributed by atoms with van der Waals surface area (Å²) in [5.41, 5.74) is 3.50. The van der Waals surface area contributed by atoms with Crippen LogP contribution in [0, 0.1) is 18.3 Å². The number of aromatic nitrogens is 2. The third-order valence-corrected chi connectivity index (χ3v) is 3.17. The van der Waals surface area contributed by atoms with Gasteiger partial charge in [0.25, 0.3) is 0 Å². The number of nitriles is 1. The molecule has 0 fully saturated rings. The van der Waals surface area contributed by atoms with Crippen molar-refractivity contribution >= 4 is 11.6 Å². The molecule has 1 aromatic heterocycles. The van der Waals surface area contributed by atoms with Crippen LogP contribution in [0.25, 0.3) is 0 Å². The third-order valence-electron chi connectivity index (χ3n) is 3.17. The fraction of sp³-hybridized carbons (Fsp3) is 0.615. The fourth-order valence-electron chi connectivity index (χ4n) is 1.74. The molecular formula is C13H22N6. The van der Waals surface area contributed by atoms with E-state index in [0.29, 0.717) is 12.2 Å². The van der Waals surface area contributed by atoms with E-state index in [1.165, 1.54) is 0 Å². The molecule has 104 valence electrons. The molecule has 0 saturated heterocycles. The highest BCUT2D eigenvalue weighted by Crippen LogP contribution is 2.26. The van der Waals surface area contributed by atoms with E-state index < -0.39 is 0 Å². The predicted octanol–water partition coefficient (Wildman–Crippen LogP) is 1.93. The number of nitrogens with zero attached hydrogens (tertiary/aromatic N) is 4. The average molecular weight is 262 g/mol. The fourth-order valence-corrected chi connectivity index (χ4v) is 1.74. The van der Waals surface area contributed by atoms with Gasteiger partial charge < -0.3 is 10.3 Å². The van der Waals surface area contributed by atoms with Crippen molar-refractivity contribution in [3.63, 3.8) is 0 Å². The summed E-state index contributed by atoms with van der Waals surface area (Å²) < 4.78 is 0. The number of nitrogens with one attached hydrogen (secondary N) is 1. The van der Waals surface area contributed by atoms with Crippen molar-refractivity contribution in [1.29, 1.82) is 5.26 Å². The van der Waals surface area contributed by atoms with Gasteiger partial charge in [-0.3, -0.25) is 0 Å². The van der Waals surface area contributed by atoms with Crippen molar-refractivity contribution in [2.24, 2.45) is 5.84 Å². The summed E-state index contributed by atoms with van der Waals surface area (Å²) in [5, 5.41) is 8.80. The van der Waals surface area contributed by atoms with Gasteiger partial charge >= 0.3 is 0 Å². The van der Waals surface area contributed by atoms with Gasteiger partial charge in [0.05, 0.1) is 12.5 Å². The molecule has 19 heavy (non-hydrogen) atoms. The first kappa shape index (κ1) is 15.2. The van der Waals surface area contributed by atoms with E-state index in [4.69, 9.17) is 11.1 Å². The lowest BCUT2D eigenvalue weighted by molar-refractivity contribution is 0.680. The zero-order valence-electron chi connectivity index (χ0n) is 12.2. The second-order valence-electron chi connectivity index (χ2n) is 5.00. The van der Waals surface area contributed by atoms with E-state index in [1.807, 2.05) is 39.6 Å². The van der Waals surface area contributed by atoms with Crippen LogP contribution in [-0.2, 0) is 0 Å². The number of nitrogens with two attached hydrogens (primary N) is 1. The van der Waals surface area contributed by atoms with E-state index in [2.05, 4.69) is 21.5 Å². The summed E-state index contributed by atoms with van der Waals surface area (Å²) in [5.74, 6) is 7.91. The minimum Gasteiger partial charge on any atom is -0.356 e. The minimum atomic E-state index is 0.0873. The number of hydrogen-bond donors (Lipinski definition) is 2. The summed E-state index contributed by atoms with van der Waals surface area (Å²) >= 11 is 0. The summed E-state index contributed by atoms with van der Waals surface area (Å²) in [7, 11) is 1.93. The van der Waals surface area contributed by atoms with E-state index in [9.17, 15) is 0 Å². The molecule has 6 nitrogen and oxygen atoms in total. The molecule has 0 spiro atoms. The number of rotatable bonds is 5. The topological polar surface area (TPSA) is 90.9 Å². The van der Waals surface area contributed by atoms with Crippen molar-refractivity contribution in [3.8, 4) is 6.07 Å². The molecule has 0 aliphatic heterocycles. The SMILES string of the molecule is Cc1c(NN)nc(C(C)C)nc1N(C)C(C)CC#N. The zero-order chi connectivity index (χ0) is 14.6. The maximum absolute atomic E-state index is 8.80. The highest BCUT2D eigenvalue weighted by atomic mass is 15.3. The highest BCUT2D eigenvalue weighted by molar-refractivity contribution is 5.58. The first-order valence-electron chi connectivity index (χ1n) is 6.37. The molecule has 0 aliphatic carbocycles. The Morgan fingerprint density at radius 3 is 2.47 bits per heavy atom. The third kappa shape index (κ3) is 3.32. The van der Waals surface area contributed by atoms with Crippen LogP contribution >= 0.6 is 0 Å². The van der Waals surface area contributed by atoms with Crippen molar-refractivity contribution < 1.29 is 0 Å². The summed E-state index contributed by atoms with van der Waals surface area (Å²) in [6, 6.07) is 2.27. The molecule has 0 aromatic carbocycles. The van der Waals surface area contributed by atoms with Gasteiger partial charge in [-0.1, -0.05) is 13.8 Å². The van der Waals surface area contributed by atoms with E-state index in [1.54, 1.807) is 0 Å². The molecule has 0 saturated carbocycles. The van der Waals surface area contributed by atoms with E-state index in [-0.39, 0.29) is 12.0 Å². The lowest BCUT2D eigenvalue weighted by atomic mass is 10.1. The molecule has 1 rings (SSSR count). The normalized spacial score (nSPS) is 12.1. The van der Waals surface area contributed by atoms with E-state index >= 15 is 0 Å². The van der Waals surface area contributed by atoms with Crippen molar-refractivity contribution in [2.75, 3.05) is 17.4 Å². The van der Waals surface area contributed by atoms with Gasteiger partial charge in [0, 0.05) is 24.6 Å². The van der Waals surface area contributed by atoms with Crippen molar-refractivity contribution in [2.45, 2.75) is 46.1 Å². The van der Waals surface area contributed by atoms with Gasteiger partial charge in [0.1, 0.15) is 17.5 Å². The van der Waals surface area contributed by atoms with Gasteiger partial charge in [-0.05, 0) is 13.8 Å². The predicted molar refractivity (Wildman–Crippen MR) is 76.8 cm³/mol. The molecule has 0 amide bonds. The van der Waals surface area contributed by atoms with Crippen LogP contribution < -0.4 is 16.2 Å². The van der Waals surface area contributed by atoms with Crippen LogP contribution in [0.2, 0.25) is 0 Å². The molecule has 1 heterocycles. The molecule has 0 aliphatic rings. The first-order valence-corrected chi connectivity index (χ1v) is 6.37. The maximum Gasteiger partial charge on any atom is 0.148 e. The Labute approximate surface area is 114 Å². The van der Waals surface area contributed by atoms with Gasteiger partial charge in [0.2, 0.25) is 0 Å². The van der Waals surface area contributed by atoms with Crippen molar-refractivity contribution in [3.05, 3.63) is 11.4 Å². The Kier molecular flexibility index (Phi) is 5.07. The summed E-state index contributed by atoms with van der Waals surface area (Å²) in [4.78, 5) is 11.0. The highest BCUT2D eigenvalue weighted by Gasteiger charge is 2.18. The lowest BCUT2D eigenvalue weighted by Crippen LogP contribution is -2.31. The summed E-state index contributed by atoms with van der Waals surface area (Å²) in [6.45, 7) is 7.99. The lowest BCUT2D eigenvalue weighted by Gasteiger charge is -2.27. The molecule has 1 atom stereocenters. The average Bonchev–Trinajstić information content (AvgIpc) is 2.38. The van der Waals surface area contributed by atoms with Crippen LogP contribution in [0.5, 0.6) is 0 Å². The van der Waals surface area contributed by atoms with Crippen molar-refractivity contribution in [1.82, 2.24) is 9.97 Å². The molecule has 1 aromatic rings. The maximum atomic E-state index is 8.80. The minimum absolute atomic E-state index is 0.0873. The standard InChI is InChI=1S/C13H22N6/c1-8(2)11-16-12(18-15)10(4)13(17-11)19(5)9(3)6-7-14/h8-9H,6,15H2,1-5H3,(H,16,17,18). The second kappa shape index (κ2) is 6.34. The van der Waals surface area contributed by atoms with E-state index in [0.717, 1.165) is 17.2 Å². The molecular weight excluding hydrogens is 240 g/mol. The monoisotopic (exact) mass is 262 g/mol.